The van der Waals surface area contributed by atoms with Crippen molar-refractivity contribution < 1.29 is 4.21 Å². The van der Waals surface area contributed by atoms with E-state index in [1.807, 2.05) is 23.9 Å². The Kier molecular flexibility index (Phi) is 4.40. The fourth-order valence-electron chi connectivity index (χ4n) is 2.32. The summed E-state index contributed by atoms with van der Waals surface area (Å²) in [5.74, 6) is 0.985. The van der Waals surface area contributed by atoms with Gasteiger partial charge in [0, 0.05) is 47.5 Å². The third-order valence-electron chi connectivity index (χ3n) is 3.16. The van der Waals surface area contributed by atoms with Crippen molar-refractivity contribution >= 4 is 22.2 Å². The minimum Gasteiger partial charge on any atom is -0.333 e. The number of aryl methyl sites for hydroxylation is 1. The number of hydrogen-bond donors (Lipinski definition) is 0. The zero-order chi connectivity index (χ0) is 14.7. The molecule has 0 saturated heterocycles. The summed E-state index contributed by atoms with van der Waals surface area (Å²) in [6, 6.07) is 0. The van der Waals surface area contributed by atoms with Crippen molar-refractivity contribution in [2.24, 2.45) is 0 Å². The van der Waals surface area contributed by atoms with Gasteiger partial charge in [0.15, 0.2) is 0 Å². The van der Waals surface area contributed by atoms with Gasteiger partial charge >= 0.3 is 0 Å². The Labute approximate surface area is 121 Å². The van der Waals surface area contributed by atoms with Crippen molar-refractivity contribution in [3.05, 3.63) is 40.5 Å². The van der Waals surface area contributed by atoms with Crippen LogP contribution in [0.2, 0.25) is 0 Å². The number of aromatic nitrogens is 2. The molecule has 1 aliphatic rings. The first-order chi connectivity index (χ1) is 9.63. The van der Waals surface area contributed by atoms with Gasteiger partial charge in [-0.1, -0.05) is 6.92 Å². The summed E-state index contributed by atoms with van der Waals surface area (Å²) in [7, 11) is -1.30. The second kappa shape index (κ2) is 6.06. The maximum atomic E-state index is 11.7. The van der Waals surface area contributed by atoms with Crippen molar-refractivity contribution in [3.8, 4) is 0 Å². The number of nitrogens with zero attached hydrogens (tertiary/aromatic N) is 4. The molecule has 106 valence electrons. The predicted octanol–water partition coefficient (Wildman–Crippen LogP) is 2.61. The largest absolute Gasteiger partial charge is 0.333 e. The molecule has 2 rings (SSSR count). The fourth-order valence-corrected chi connectivity index (χ4v) is 2.93. The molecular weight excluding hydrogens is 272 g/mol. The monoisotopic (exact) mass is 290 g/mol. The molecule has 1 aromatic heterocycles. The predicted molar refractivity (Wildman–Crippen MR) is 82.3 cm³/mol. The summed E-state index contributed by atoms with van der Waals surface area (Å²) in [5, 5.41) is 4.66. The minimum atomic E-state index is -1.30. The number of rotatable bonds is 4. The molecule has 0 spiro atoms. The zero-order valence-electron chi connectivity index (χ0n) is 12.0. The molecule has 0 radical (unpaired) electrons. The van der Waals surface area contributed by atoms with Gasteiger partial charge in [-0.3, -0.25) is 4.21 Å². The molecule has 0 saturated carbocycles. The Hall–Kier alpha value is -1.87. The third kappa shape index (κ3) is 2.41. The van der Waals surface area contributed by atoms with Crippen molar-refractivity contribution in [1.82, 2.24) is 9.78 Å². The van der Waals surface area contributed by atoms with Crippen LogP contribution in [0.3, 0.4) is 0 Å². The maximum Gasteiger partial charge on any atom is 0.258 e. The van der Waals surface area contributed by atoms with E-state index in [1.54, 1.807) is 6.20 Å². The van der Waals surface area contributed by atoms with E-state index in [0.717, 1.165) is 36.5 Å². The molecule has 0 fully saturated rings. The topological polar surface area (TPSA) is 42.5 Å². The fraction of sp³-hybridized carbons (Fsp3) is 0.429. The van der Waals surface area contributed by atoms with Gasteiger partial charge in [-0.2, -0.15) is 5.10 Å². The van der Waals surface area contributed by atoms with Crippen LogP contribution in [0.5, 0.6) is 0 Å². The summed E-state index contributed by atoms with van der Waals surface area (Å²) in [6.45, 7) is 13.1. The average Bonchev–Trinajstić information content (AvgIpc) is 2.86. The lowest BCUT2D eigenvalue weighted by Crippen LogP contribution is -2.23. The van der Waals surface area contributed by atoms with Crippen molar-refractivity contribution in [1.29, 1.82) is 0 Å². The van der Waals surface area contributed by atoms with Gasteiger partial charge < -0.3 is 4.90 Å². The second-order valence-electron chi connectivity index (χ2n) is 4.49. The first kappa shape index (κ1) is 14.5. The lowest BCUT2D eigenvalue weighted by atomic mass is 10.1. The van der Waals surface area contributed by atoms with E-state index >= 15 is 0 Å². The van der Waals surface area contributed by atoms with Gasteiger partial charge in [-0.15, -0.1) is 0 Å². The van der Waals surface area contributed by atoms with Gasteiger partial charge in [0.25, 0.3) is 5.03 Å². The van der Waals surface area contributed by atoms with Crippen LogP contribution in [-0.2, 0) is 17.3 Å². The Morgan fingerprint density at radius 2 is 2.25 bits per heavy atom. The van der Waals surface area contributed by atoms with Crippen LogP contribution in [-0.4, -0.2) is 26.8 Å². The van der Waals surface area contributed by atoms with Crippen LogP contribution in [0.1, 0.15) is 25.8 Å². The first-order valence-corrected chi connectivity index (χ1v) is 8.16. The number of fused-ring (bicyclic) bond motifs is 1. The van der Waals surface area contributed by atoms with Crippen LogP contribution >= 0.6 is 0 Å². The van der Waals surface area contributed by atoms with Gasteiger partial charge in [-0.25, -0.2) is 9.53 Å². The Balaban J connectivity index is 2.64. The Morgan fingerprint density at radius 1 is 1.50 bits per heavy atom. The van der Waals surface area contributed by atoms with Gasteiger partial charge in [0.2, 0.25) is 0 Å². The SMILES string of the molecule is [C-]#[N+]C(=C1C=CN(CCC)c2c1cnn2CC)S(C)=O. The Bertz CT molecular complexity index is 636. The quantitative estimate of drug-likeness (QED) is 0.801. The molecule has 2 heterocycles. The summed E-state index contributed by atoms with van der Waals surface area (Å²) in [5.41, 5.74) is 1.62. The normalized spacial score (nSPS) is 17.6. The molecule has 0 amide bonds. The maximum absolute atomic E-state index is 11.7. The first-order valence-electron chi connectivity index (χ1n) is 6.60. The van der Waals surface area contributed by atoms with Gasteiger partial charge in [0.05, 0.1) is 12.8 Å². The van der Waals surface area contributed by atoms with Crippen molar-refractivity contribution in [3.63, 3.8) is 0 Å². The van der Waals surface area contributed by atoms with Crippen LogP contribution in [0, 0.1) is 6.57 Å². The highest BCUT2D eigenvalue weighted by Crippen LogP contribution is 2.35. The van der Waals surface area contributed by atoms with E-state index in [9.17, 15) is 4.21 Å². The number of allylic oxidation sites excluding steroid dienone is 2. The zero-order valence-corrected chi connectivity index (χ0v) is 12.8. The summed E-state index contributed by atoms with van der Waals surface area (Å²) < 4.78 is 13.6. The molecular formula is C14H18N4OS. The molecule has 1 unspecified atom stereocenters. The van der Waals surface area contributed by atoms with E-state index in [1.165, 1.54) is 6.26 Å². The van der Waals surface area contributed by atoms with E-state index < -0.39 is 10.8 Å². The summed E-state index contributed by atoms with van der Waals surface area (Å²) in [6.07, 6.45) is 8.14. The molecule has 1 atom stereocenters. The van der Waals surface area contributed by atoms with E-state index in [4.69, 9.17) is 6.57 Å². The Morgan fingerprint density at radius 3 is 2.80 bits per heavy atom. The molecule has 5 nitrogen and oxygen atoms in total. The van der Waals surface area contributed by atoms with E-state index in [2.05, 4.69) is 21.8 Å². The molecule has 1 aliphatic heterocycles. The molecule has 6 heteroatoms. The highest BCUT2D eigenvalue weighted by molar-refractivity contribution is 7.88. The van der Waals surface area contributed by atoms with Gasteiger partial charge in [0.1, 0.15) is 5.82 Å². The highest BCUT2D eigenvalue weighted by atomic mass is 32.2. The number of anilines is 1. The van der Waals surface area contributed by atoms with Crippen LogP contribution in [0.25, 0.3) is 10.4 Å². The van der Waals surface area contributed by atoms with Gasteiger partial charge in [-0.05, 0) is 19.4 Å². The third-order valence-corrected chi connectivity index (χ3v) is 4.02. The van der Waals surface area contributed by atoms with E-state index in [0.29, 0.717) is 0 Å². The molecule has 0 N–H and O–H groups in total. The van der Waals surface area contributed by atoms with Crippen LogP contribution in [0.4, 0.5) is 5.82 Å². The average molecular weight is 290 g/mol. The van der Waals surface area contributed by atoms with Crippen LogP contribution in [0.15, 0.2) is 23.5 Å². The van der Waals surface area contributed by atoms with Crippen molar-refractivity contribution in [2.75, 3.05) is 17.7 Å². The standard InChI is InChI=1S/C14H18N4OS/c1-5-8-17-9-7-11(13(15-3)20(4)19)12-10-16-18(6-2)14(12)17/h7,9-10H,5-6,8H2,1-2,4H3. The molecule has 0 bridgehead atoms. The molecule has 0 aromatic carbocycles. The lowest BCUT2D eigenvalue weighted by molar-refractivity contribution is 0.648. The molecule has 20 heavy (non-hydrogen) atoms. The molecule has 0 aliphatic carbocycles. The van der Waals surface area contributed by atoms with Crippen molar-refractivity contribution in [2.45, 2.75) is 26.8 Å². The second-order valence-corrected chi connectivity index (χ2v) is 5.79. The minimum absolute atomic E-state index is 0.286. The summed E-state index contributed by atoms with van der Waals surface area (Å²) in [4.78, 5) is 5.57. The van der Waals surface area contributed by atoms with E-state index in [-0.39, 0.29) is 5.03 Å². The highest BCUT2D eigenvalue weighted by Gasteiger charge is 2.24. The van der Waals surface area contributed by atoms with Crippen LogP contribution < -0.4 is 4.90 Å². The molecule has 1 aromatic rings. The lowest BCUT2D eigenvalue weighted by Gasteiger charge is -2.26. The smallest absolute Gasteiger partial charge is 0.258 e. The number of hydrogen-bond acceptors (Lipinski definition) is 3. The summed E-state index contributed by atoms with van der Waals surface area (Å²) >= 11 is 0.